The Morgan fingerprint density at radius 2 is 1.88 bits per heavy atom. The molecule has 8 heteroatoms. The van der Waals surface area contributed by atoms with Crippen molar-refractivity contribution in [2.45, 2.75) is 40.8 Å². The summed E-state index contributed by atoms with van der Waals surface area (Å²) in [5.41, 5.74) is 8.70. The number of nitrogens with two attached hydrogens (primary N) is 1. The maximum Gasteiger partial charge on any atom is 0.221 e. The second-order valence-electron chi connectivity index (χ2n) is 9.60. The molecular formula is C24H33FN6O. The van der Waals surface area contributed by atoms with Crippen molar-refractivity contribution in [1.82, 2.24) is 19.4 Å². The summed E-state index contributed by atoms with van der Waals surface area (Å²) >= 11 is 0. The Morgan fingerprint density at radius 1 is 1.12 bits per heavy atom. The van der Waals surface area contributed by atoms with Gasteiger partial charge in [-0.05, 0) is 30.5 Å². The van der Waals surface area contributed by atoms with E-state index in [1.165, 1.54) is 11.8 Å². The van der Waals surface area contributed by atoms with Gasteiger partial charge in [0.05, 0.1) is 12.3 Å². The molecule has 0 bridgehead atoms. The number of nitrogens with zero attached hydrogens (tertiary/aromatic N) is 5. The first-order valence-corrected chi connectivity index (χ1v) is 11.2. The summed E-state index contributed by atoms with van der Waals surface area (Å²) in [4.78, 5) is 13.2. The van der Waals surface area contributed by atoms with Crippen LogP contribution in [0.2, 0.25) is 0 Å². The van der Waals surface area contributed by atoms with Crippen LogP contribution >= 0.6 is 0 Å². The van der Waals surface area contributed by atoms with Gasteiger partial charge in [-0.2, -0.15) is 4.98 Å². The van der Waals surface area contributed by atoms with Crippen LogP contribution in [0.15, 0.2) is 30.5 Å². The van der Waals surface area contributed by atoms with E-state index in [4.69, 9.17) is 10.5 Å². The largest absolute Gasteiger partial charge is 0.494 e. The molecule has 0 aliphatic carbocycles. The first-order valence-electron chi connectivity index (χ1n) is 11.2. The van der Waals surface area contributed by atoms with Crippen LogP contribution in [0.5, 0.6) is 5.75 Å². The fraction of sp³-hybridized carbons (Fsp3) is 0.500. The number of anilines is 2. The topological polar surface area (TPSA) is 72.4 Å². The number of benzene rings is 1. The molecule has 7 nitrogen and oxygen atoms in total. The van der Waals surface area contributed by atoms with E-state index >= 15 is 0 Å². The van der Waals surface area contributed by atoms with E-state index in [2.05, 4.69) is 51.2 Å². The van der Waals surface area contributed by atoms with Gasteiger partial charge in [0, 0.05) is 62.6 Å². The summed E-state index contributed by atoms with van der Waals surface area (Å²) < 4.78 is 22.3. The Labute approximate surface area is 189 Å². The van der Waals surface area contributed by atoms with Gasteiger partial charge in [-0.15, -0.1) is 0 Å². The molecule has 1 fully saturated rings. The van der Waals surface area contributed by atoms with Crippen LogP contribution < -0.4 is 15.4 Å². The molecule has 3 aromatic rings. The van der Waals surface area contributed by atoms with Gasteiger partial charge in [0.25, 0.3) is 0 Å². The number of rotatable bonds is 6. The van der Waals surface area contributed by atoms with Gasteiger partial charge in [-0.1, -0.05) is 20.8 Å². The van der Waals surface area contributed by atoms with E-state index in [0.29, 0.717) is 24.0 Å². The van der Waals surface area contributed by atoms with E-state index in [0.717, 1.165) is 50.3 Å². The van der Waals surface area contributed by atoms with Crippen molar-refractivity contribution in [3.8, 4) is 5.75 Å². The molecule has 1 aromatic carbocycles. The number of ether oxygens (including phenoxy) is 1. The van der Waals surface area contributed by atoms with Crippen molar-refractivity contribution in [3.63, 3.8) is 0 Å². The number of fused-ring (bicyclic) bond motifs is 1. The highest BCUT2D eigenvalue weighted by Gasteiger charge is 2.23. The zero-order valence-electron chi connectivity index (χ0n) is 19.4. The Balaban J connectivity index is 1.48. The molecule has 1 saturated heterocycles. The standard InChI is InChI=1S/C24H33FN6O/c1-5-32-19-6-7-21(20(25)13-19)30-10-8-29(9-11-30)15-18-12-17-14-27-23(26)28-22(17)31(18)16-24(2,3)4/h6-7,12-14H,5,8-11,15-16H2,1-4H3,(H2,26,27,28). The zero-order chi connectivity index (χ0) is 22.9. The molecule has 3 heterocycles. The van der Waals surface area contributed by atoms with E-state index < -0.39 is 0 Å². The first-order chi connectivity index (χ1) is 15.2. The molecule has 2 N–H and O–H groups in total. The summed E-state index contributed by atoms with van der Waals surface area (Å²) in [5.74, 6) is 0.636. The SMILES string of the molecule is CCOc1ccc(N2CCN(Cc3cc4cnc(N)nc4n3CC(C)(C)C)CC2)c(F)c1. The number of hydrogen-bond acceptors (Lipinski definition) is 6. The molecule has 0 saturated carbocycles. The Kier molecular flexibility index (Phi) is 6.24. The minimum atomic E-state index is -0.231. The zero-order valence-corrected chi connectivity index (χ0v) is 19.4. The second kappa shape index (κ2) is 8.94. The third-order valence-corrected chi connectivity index (χ3v) is 5.70. The molecule has 0 amide bonds. The van der Waals surface area contributed by atoms with Crippen molar-refractivity contribution >= 4 is 22.7 Å². The van der Waals surface area contributed by atoms with Crippen molar-refractivity contribution < 1.29 is 9.13 Å². The lowest BCUT2D eigenvalue weighted by Crippen LogP contribution is -2.46. The second-order valence-corrected chi connectivity index (χ2v) is 9.60. The lowest BCUT2D eigenvalue weighted by atomic mass is 9.97. The number of piperazine rings is 1. The number of aromatic nitrogens is 3. The molecule has 0 unspecified atom stereocenters. The number of halogens is 1. The van der Waals surface area contributed by atoms with Crippen LogP contribution in [0.1, 0.15) is 33.4 Å². The molecule has 172 valence electrons. The Bertz CT molecular complexity index is 1080. The van der Waals surface area contributed by atoms with E-state index in [1.54, 1.807) is 6.20 Å². The first kappa shape index (κ1) is 22.3. The summed E-state index contributed by atoms with van der Waals surface area (Å²) in [7, 11) is 0. The Hall–Kier alpha value is -2.87. The number of nitrogen functional groups attached to an aromatic ring is 1. The molecule has 0 radical (unpaired) electrons. The predicted octanol–water partition coefficient (Wildman–Crippen LogP) is 3.92. The van der Waals surface area contributed by atoms with Crippen LogP contribution in [-0.2, 0) is 13.1 Å². The molecule has 0 spiro atoms. The highest BCUT2D eigenvalue weighted by Crippen LogP contribution is 2.28. The molecule has 1 aliphatic heterocycles. The van der Waals surface area contributed by atoms with Gasteiger partial charge in [0.2, 0.25) is 5.95 Å². The van der Waals surface area contributed by atoms with Crippen molar-refractivity contribution in [2.24, 2.45) is 5.41 Å². The molecule has 1 aliphatic rings. The summed E-state index contributed by atoms with van der Waals surface area (Å²) in [6, 6.07) is 7.30. The lowest BCUT2D eigenvalue weighted by molar-refractivity contribution is 0.239. The predicted molar refractivity (Wildman–Crippen MR) is 126 cm³/mol. The maximum atomic E-state index is 14.6. The van der Waals surface area contributed by atoms with Gasteiger partial charge in [0.15, 0.2) is 0 Å². The highest BCUT2D eigenvalue weighted by atomic mass is 19.1. The van der Waals surface area contributed by atoms with Crippen molar-refractivity contribution in [1.29, 1.82) is 0 Å². The average molecular weight is 441 g/mol. The molecule has 32 heavy (non-hydrogen) atoms. The summed E-state index contributed by atoms with van der Waals surface area (Å²) in [5, 5.41) is 1.01. The number of hydrogen-bond donors (Lipinski definition) is 1. The quantitative estimate of drug-likeness (QED) is 0.626. The third-order valence-electron chi connectivity index (χ3n) is 5.70. The minimum absolute atomic E-state index is 0.101. The third kappa shape index (κ3) is 4.96. The van der Waals surface area contributed by atoms with E-state index in [1.807, 2.05) is 19.1 Å². The van der Waals surface area contributed by atoms with E-state index in [-0.39, 0.29) is 11.2 Å². The smallest absolute Gasteiger partial charge is 0.221 e. The van der Waals surface area contributed by atoms with Crippen LogP contribution in [0.25, 0.3) is 11.0 Å². The molecular weight excluding hydrogens is 407 g/mol. The van der Waals surface area contributed by atoms with Crippen LogP contribution in [0, 0.1) is 11.2 Å². The van der Waals surface area contributed by atoms with Crippen molar-refractivity contribution in [2.75, 3.05) is 43.4 Å². The lowest BCUT2D eigenvalue weighted by Gasteiger charge is -2.36. The van der Waals surface area contributed by atoms with E-state index in [9.17, 15) is 4.39 Å². The minimum Gasteiger partial charge on any atom is -0.494 e. The average Bonchev–Trinajstić information content (AvgIpc) is 3.04. The maximum absolute atomic E-state index is 14.6. The van der Waals surface area contributed by atoms with Crippen LogP contribution in [-0.4, -0.2) is 52.2 Å². The van der Waals surface area contributed by atoms with Gasteiger partial charge in [-0.25, -0.2) is 9.37 Å². The van der Waals surface area contributed by atoms with Gasteiger partial charge in [-0.3, -0.25) is 4.90 Å². The van der Waals surface area contributed by atoms with Gasteiger partial charge < -0.3 is 19.9 Å². The fourth-order valence-electron chi connectivity index (χ4n) is 4.27. The molecule has 4 rings (SSSR count). The normalized spacial score (nSPS) is 15.5. The monoisotopic (exact) mass is 440 g/mol. The molecule has 2 aromatic heterocycles. The highest BCUT2D eigenvalue weighted by molar-refractivity contribution is 5.77. The summed E-state index contributed by atoms with van der Waals surface area (Å²) in [6.07, 6.45) is 1.80. The Morgan fingerprint density at radius 3 is 2.53 bits per heavy atom. The van der Waals surface area contributed by atoms with Crippen molar-refractivity contribution in [3.05, 3.63) is 42.0 Å². The molecule has 0 atom stereocenters. The van der Waals surface area contributed by atoms with Gasteiger partial charge >= 0.3 is 0 Å². The van der Waals surface area contributed by atoms with Crippen LogP contribution in [0.3, 0.4) is 0 Å². The summed E-state index contributed by atoms with van der Waals surface area (Å²) in [6.45, 7) is 14.0. The van der Waals surface area contributed by atoms with Gasteiger partial charge in [0.1, 0.15) is 17.2 Å². The fourth-order valence-corrected chi connectivity index (χ4v) is 4.27. The van der Waals surface area contributed by atoms with Crippen LogP contribution in [0.4, 0.5) is 16.0 Å².